The predicted octanol–water partition coefficient (Wildman–Crippen LogP) is 5.71. The van der Waals surface area contributed by atoms with Crippen molar-refractivity contribution in [1.29, 1.82) is 0 Å². The van der Waals surface area contributed by atoms with Gasteiger partial charge in [0.25, 0.3) is 0 Å². The Morgan fingerprint density at radius 1 is 1.11 bits per heavy atom. The molecule has 0 amide bonds. The summed E-state index contributed by atoms with van der Waals surface area (Å²) in [5, 5.41) is 10.6. The number of methoxy groups -OCH3 is 1. The van der Waals surface area contributed by atoms with E-state index in [-0.39, 0.29) is 12.4 Å². The van der Waals surface area contributed by atoms with Gasteiger partial charge in [0.2, 0.25) is 0 Å². The maximum atomic E-state index is 13.7. The number of aromatic nitrogens is 1. The number of aliphatic hydroxyl groups excluding tert-OH is 1. The maximum absolute atomic E-state index is 13.7. The highest BCUT2D eigenvalue weighted by Crippen LogP contribution is 2.47. The van der Waals surface area contributed by atoms with E-state index >= 15 is 0 Å². The third-order valence-electron chi connectivity index (χ3n) is 6.09. The molecule has 3 nitrogen and oxygen atoms in total. The summed E-state index contributed by atoms with van der Waals surface area (Å²) in [5.41, 5.74) is 5.53. The Labute approximate surface area is 164 Å². The van der Waals surface area contributed by atoms with E-state index in [1.54, 1.807) is 13.2 Å². The summed E-state index contributed by atoms with van der Waals surface area (Å²) < 4.78 is 19.2. The van der Waals surface area contributed by atoms with Crippen LogP contribution in [0.15, 0.2) is 18.2 Å². The van der Waals surface area contributed by atoms with Gasteiger partial charge in [-0.15, -0.1) is 0 Å². The maximum Gasteiger partial charge on any atom is 0.124 e. The van der Waals surface area contributed by atoms with Crippen molar-refractivity contribution in [3.63, 3.8) is 0 Å². The lowest BCUT2D eigenvalue weighted by molar-refractivity contribution is 0.182. The zero-order valence-corrected chi connectivity index (χ0v) is 16.4. The van der Waals surface area contributed by atoms with Gasteiger partial charge in [0.05, 0.1) is 18.2 Å². The molecule has 144 valence electrons. The highest BCUT2D eigenvalue weighted by Gasteiger charge is 2.32. The zero-order valence-electron chi connectivity index (χ0n) is 15.6. The molecule has 0 bridgehead atoms. The minimum atomic E-state index is -0.366. The number of benzene rings is 1. The van der Waals surface area contributed by atoms with E-state index in [0.717, 1.165) is 59.3 Å². The van der Waals surface area contributed by atoms with E-state index in [2.05, 4.69) is 0 Å². The molecule has 0 spiro atoms. The molecule has 4 rings (SSSR count). The Morgan fingerprint density at radius 2 is 1.74 bits per heavy atom. The molecule has 2 saturated carbocycles. The standard InChI is InChI=1S/C22H25ClFNO2/c1-27-12-18-20(16-9-8-15(24)10-19(16)23)17(11-26)21(13-4-2-5-13)25-22(18)14-6-3-7-14/h8-10,13-14,26H,2-7,11-12H2,1H3. The molecule has 0 unspecified atom stereocenters. The van der Waals surface area contributed by atoms with Crippen LogP contribution in [0.4, 0.5) is 4.39 Å². The van der Waals surface area contributed by atoms with Gasteiger partial charge in [-0.05, 0) is 49.4 Å². The smallest absolute Gasteiger partial charge is 0.124 e. The van der Waals surface area contributed by atoms with Gasteiger partial charge in [0.15, 0.2) is 0 Å². The van der Waals surface area contributed by atoms with E-state index in [1.807, 2.05) is 0 Å². The molecule has 2 fully saturated rings. The molecule has 27 heavy (non-hydrogen) atoms. The van der Waals surface area contributed by atoms with Crippen LogP contribution in [0.3, 0.4) is 0 Å². The molecule has 2 aliphatic carbocycles. The van der Waals surface area contributed by atoms with Gasteiger partial charge in [-0.3, -0.25) is 4.98 Å². The fraction of sp³-hybridized carbons (Fsp3) is 0.500. The second-order valence-corrected chi connectivity index (χ2v) is 8.09. The van der Waals surface area contributed by atoms with Crippen LogP contribution < -0.4 is 0 Å². The number of hydrogen-bond acceptors (Lipinski definition) is 3. The minimum absolute atomic E-state index is 0.108. The van der Waals surface area contributed by atoms with Gasteiger partial charge in [0, 0.05) is 47.0 Å². The number of aliphatic hydroxyl groups is 1. The summed E-state index contributed by atoms with van der Waals surface area (Å²) >= 11 is 6.44. The van der Waals surface area contributed by atoms with E-state index in [4.69, 9.17) is 21.3 Å². The van der Waals surface area contributed by atoms with Crippen molar-refractivity contribution in [1.82, 2.24) is 4.98 Å². The number of pyridine rings is 1. The molecule has 0 aliphatic heterocycles. The number of rotatable bonds is 6. The van der Waals surface area contributed by atoms with Crippen LogP contribution in [-0.2, 0) is 18.0 Å². The molecule has 2 aliphatic rings. The zero-order chi connectivity index (χ0) is 19.0. The number of halogens is 2. The second kappa shape index (κ2) is 7.86. The third kappa shape index (κ3) is 3.39. The largest absolute Gasteiger partial charge is 0.392 e. The molecule has 0 atom stereocenters. The molecule has 1 aromatic heterocycles. The summed E-state index contributed by atoms with van der Waals surface area (Å²) in [4.78, 5) is 5.08. The summed E-state index contributed by atoms with van der Waals surface area (Å²) in [5.74, 6) is 0.454. The van der Waals surface area contributed by atoms with Crippen LogP contribution >= 0.6 is 11.6 Å². The lowest BCUT2D eigenvalue weighted by atomic mass is 9.75. The van der Waals surface area contributed by atoms with Crippen molar-refractivity contribution in [2.75, 3.05) is 7.11 Å². The summed E-state index contributed by atoms with van der Waals surface area (Å²) in [6.45, 7) is 0.295. The predicted molar refractivity (Wildman–Crippen MR) is 104 cm³/mol. The molecule has 2 aromatic rings. The Hall–Kier alpha value is -1.49. The Morgan fingerprint density at radius 3 is 2.22 bits per heavy atom. The third-order valence-corrected chi connectivity index (χ3v) is 6.41. The van der Waals surface area contributed by atoms with E-state index in [9.17, 15) is 9.50 Å². The van der Waals surface area contributed by atoms with Gasteiger partial charge >= 0.3 is 0 Å². The summed E-state index contributed by atoms with van der Waals surface area (Å²) in [6.07, 6.45) is 6.87. The first-order valence-corrected chi connectivity index (χ1v) is 10.1. The fourth-order valence-electron chi connectivity index (χ4n) is 4.21. The van der Waals surface area contributed by atoms with Crippen molar-refractivity contribution >= 4 is 11.6 Å². The highest BCUT2D eigenvalue weighted by molar-refractivity contribution is 6.33. The van der Waals surface area contributed by atoms with Crippen LogP contribution in [0.1, 0.15) is 72.9 Å². The summed E-state index contributed by atoms with van der Waals surface area (Å²) in [7, 11) is 1.67. The molecule has 1 heterocycles. The van der Waals surface area contributed by atoms with Gasteiger partial charge in [-0.1, -0.05) is 24.4 Å². The lowest BCUT2D eigenvalue weighted by Gasteiger charge is -2.33. The lowest BCUT2D eigenvalue weighted by Crippen LogP contribution is -2.21. The SMILES string of the molecule is COCc1c(C2CCC2)nc(C2CCC2)c(CO)c1-c1ccc(F)cc1Cl. The van der Waals surface area contributed by atoms with Gasteiger partial charge in [0.1, 0.15) is 5.82 Å². The molecular weight excluding hydrogens is 365 g/mol. The van der Waals surface area contributed by atoms with Gasteiger partial charge in [-0.2, -0.15) is 0 Å². The minimum Gasteiger partial charge on any atom is -0.392 e. The first kappa shape index (κ1) is 18.9. The highest BCUT2D eigenvalue weighted by atomic mass is 35.5. The number of ether oxygens (including phenoxy) is 1. The number of nitrogens with zero attached hydrogens (tertiary/aromatic N) is 1. The van der Waals surface area contributed by atoms with Crippen LogP contribution in [0.2, 0.25) is 5.02 Å². The first-order chi connectivity index (χ1) is 13.1. The monoisotopic (exact) mass is 389 g/mol. The van der Waals surface area contributed by atoms with Gasteiger partial charge < -0.3 is 9.84 Å². The average Bonchev–Trinajstić information content (AvgIpc) is 2.54. The first-order valence-electron chi connectivity index (χ1n) is 9.74. The van der Waals surface area contributed by atoms with Crippen LogP contribution in [0.25, 0.3) is 11.1 Å². The summed E-state index contributed by atoms with van der Waals surface area (Å²) in [6, 6.07) is 4.47. The second-order valence-electron chi connectivity index (χ2n) is 7.69. The van der Waals surface area contributed by atoms with Crippen molar-refractivity contribution in [3.8, 4) is 11.1 Å². The molecule has 0 saturated heterocycles. The topological polar surface area (TPSA) is 42.4 Å². The van der Waals surface area contributed by atoms with Crippen molar-refractivity contribution < 1.29 is 14.2 Å². The average molecular weight is 390 g/mol. The molecule has 0 radical (unpaired) electrons. The van der Waals surface area contributed by atoms with E-state index < -0.39 is 0 Å². The van der Waals surface area contributed by atoms with Crippen molar-refractivity contribution in [3.05, 3.63) is 51.6 Å². The van der Waals surface area contributed by atoms with Crippen LogP contribution in [0.5, 0.6) is 0 Å². The molecule has 1 N–H and O–H groups in total. The van der Waals surface area contributed by atoms with Gasteiger partial charge in [-0.25, -0.2) is 4.39 Å². The number of hydrogen-bond donors (Lipinski definition) is 1. The molecule has 1 aromatic carbocycles. The molecule has 5 heteroatoms. The normalized spacial score (nSPS) is 17.6. The Balaban J connectivity index is 1.99. The Bertz CT molecular complexity index is 847. The Kier molecular flexibility index (Phi) is 5.49. The molecular formula is C22H25ClFNO2. The van der Waals surface area contributed by atoms with E-state index in [0.29, 0.717) is 23.5 Å². The van der Waals surface area contributed by atoms with E-state index in [1.165, 1.54) is 25.0 Å². The van der Waals surface area contributed by atoms with Crippen molar-refractivity contribution in [2.45, 2.75) is 63.6 Å². The fourth-order valence-corrected chi connectivity index (χ4v) is 4.47. The van der Waals surface area contributed by atoms with Crippen LogP contribution in [-0.4, -0.2) is 17.2 Å². The van der Waals surface area contributed by atoms with Crippen LogP contribution in [0, 0.1) is 5.82 Å². The van der Waals surface area contributed by atoms with Crippen molar-refractivity contribution in [2.24, 2.45) is 0 Å². The quantitative estimate of drug-likeness (QED) is 0.687.